The Morgan fingerprint density at radius 2 is 2.28 bits per heavy atom. The summed E-state index contributed by atoms with van der Waals surface area (Å²) in [6.07, 6.45) is 2.53. The second kappa shape index (κ2) is 4.05. The Kier molecular flexibility index (Phi) is 2.51. The van der Waals surface area contributed by atoms with Crippen molar-refractivity contribution in [1.29, 1.82) is 0 Å². The van der Waals surface area contributed by atoms with Crippen molar-refractivity contribution >= 4 is 22.6 Å². The van der Waals surface area contributed by atoms with E-state index in [1.54, 1.807) is 6.26 Å². The molecule has 1 fully saturated rings. The summed E-state index contributed by atoms with van der Waals surface area (Å²) in [5.41, 5.74) is 1.89. The van der Waals surface area contributed by atoms with E-state index in [1.807, 2.05) is 31.3 Å². The number of furan rings is 1. The molecule has 1 aliphatic carbocycles. The standard InChI is InChI=1S/C14H15NO3/c1-15(7-9-6-11(9)14(16)17)12-8-18-13-5-3-2-4-10(12)13/h2-5,8-9,11H,6-7H2,1H3,(H,16,17). The minimum atomic E-state index is -0.676. The molecule has 18 heavy (non-hydrogen) atoms. The number of nitrogens with zero attached hydrogens (tertiary/aromatic N) is 1. The second-order valence-electron chi connectivity index (χ2n) is 4.94. The molecule has 3 rings (SSSR count). The summed E-state index contributed by atoms with van der Waals surface area (Å²) < 4.78 is 5.49. The van der Waals surface area contributed by atoms with Crippen molar-refractivity contribution in [3.63, 3.8) is 0 Å². The van der Waals surface area contributed by atoms with Gasteiger partial charge in [0.1, 0.15) is 11.8 Å². The third kappa shape index (κ3) is 1.83. The van der Waals surface area contributed by atoms with E-state index < -0.39 is 5.97 Å². The summed E-state index contributed by atoms with van der Waals surface area (Å²) in [5, 5.41) is 9.98. The van der Waals surface area contributed by atoms with Crippen LogP contribution in [0.15, 0.2) is 34.9 Å². The van der Waals surface area contributed by atoms with E-state index in [0.29, 0.717) is 0 Å². The Labute approximate surface area is 105 Å². The number of benzene rings is 1. The summed E-state index contributed by atoms with van der Waals surface area (Å²) in [6, 6.07) is 7.87. The van der Waals surface area contributed by atoms with E-state index in [-0.39, 0.29) is 11.8 Å². The third-order valence-corrected chi connectivity index (χ3v) is 3.62. The van der Waals surface area contributed by atoms with Crippen LogP contribution in [0.1, 0.15) is 6.42 Å². The van der Waals surface area contributed by atoms with Gasteiger partial charge in [-0.3, -0.25) is 4.79 Å². The molecule has 0 aliphatic heterocycles. The number of carbonyl (C=O) groups is 1. The highest BCUT2D eigenvalue weighted by Gasteiger charge is 2.43. The fourth-order valence-electron chi connectivity index (χ4n) is 2.46. The highest BCUT2D eigenvalue weighted by atomic mass is 16.4. The molecule has 94 valence electrons. The van der Waals surface area contributed by atoms with E-state index in [4.69, 9.17) is 9.52 Å². The van der Waals surface area contributed by atoms with Gasteiger partial charge in [-0.1, -0.05) is 12.1 Å². The normalized spacial score (nSPS) is 22.1. The number of carboxylic acid groups (broad SMARTS) is 1. The first kappa shape index (κ1) is 11.1. The first-order chi connectivity index (χ1) is 8.66. The number of hydrogen-bond donors (Lipinski definition) is 1. The van der Waals surface area contributed by atoms with Gasteiger partial charge in [0, 0.05) is 19.0 Å². The molecule has 1 aromatic carbocycles. The molecule has 1 aromatic heterocycles. The average molecular weight is 245 g/mol. The maximum atomic E-state index is 10.8. The molecule has 4 heteroatoms. The van der Waals surface area contributed by atoms with Crippen LogP contribution in [0.2, 0.25) is 0 Å². The van der Waals surface area contributed by atoms with Crippen LogP contribution in [0.25, 0.3) is 11.0 Å². The van der Waals surface area contributed by atoms with Crippen molar-refractivity contribution < 1.29 is 14.3 Å². The predicted molar refractivity (Wildman–Crippen MR) is 68.7 cm³/mol. The number of hydrogen-bond acceptors (Lipinski definition) is 3. The van der Waals surface area contributed by atoms with Gasteiger partial charge in [-0.2, -0.15) is 0 Å². The smallest absolute Gasteiger partial charge is 0.306 e. The lowest BCUT2D eigenvalue weighted by atomic mass is 10.2. The first-order valence-electron chi connectivity index (χ1n) is 6.07. The van der Waals surface area contributed by atoms with Crippen molar-refractivity contribution in [1.82, 2.24) is 0 Å². The second-order valence-corrected chi connectivity index (χ2v) is 4.94. The van der Waals surface area contributed by atoms with Crippen molar-refractivity contribution in [3.8, 4) is 0 Å². The number of anilines is 1. The van der Waals surface area contributed by atoms with Gasteiger partial charge in [0.05, 0.1) is 11.6 Å². The Morgan fingerprint density at radius 1 is 1.50 bits per heavy atom. The van der Waals surface area contributed by atoms with Crippen LogP contribution in [0.4, 0.5) is 5.69 Å². The quantitative estimate of drug-likeness (QED) is 0.899. The lowest BCUT2D eigenvalue weighted by Gasteiger charge is -2.17. The fraction of sp³-hybridized carbons (Fsp3) is 0.357. The lowest BCUT2D eigenvalue weighted by Crippen LogP contribution is -2.21. The molecule has 1 heterocycles. The van der Waals surface area contributed by atoms with Gasteiger partial charge in [-0.05, 0) is 24.5 Å². The Hall–Kier alpha value is -1.97. The molecule has 1 aliphatic rings. The van der Waals surface area contributed by atoms with Crippen LogP contribution in [-0.4, -0.2) is 24.7 Å². The number of aliphatic carboxylic acids is 1. The predicted octanol–water partition coefficient (Wildman–Crippen LogP) is 2.59. The molecule has 0 spiro atoms. The highest BCUT2D eigenvalue weighted by Crippen LogP contribution is 2.40. The summed E-state index contributed by atoms with van der Waals surface area (Å²) in [4.78, 5) is 12.9. The number of rotatable bonds is 4. The van der Waals surface area contributed by atoms with E-state index in [1.165, 1.54) is 0 Å². The summed E-state index contributed by atoms with van der Waals surface area (Å²) in [5.74, 6) is -0.572. The van der Waals surface area contributed by atoms with Crippen LogP contribution in [0.3, 0.4) is 0 Å². The Bertz CT molecular complexity index is 589. The van der Waals surface area contributed by atoms with Gasteiger partial charge in [0.15, 0.2) is 0 Å². The molecule has 0 amide bonds. The SMILES string of the molecule is CN(CC1CC1C(=O)O)c1coc2ccccc12. The van der Waals surface area contributed by atoms with E-state index in [2.05, 4.69) is 4.90 Å². The van der Waals surface area contributed by atoms with Crippen molar-refractivity contribution in [2.24, 2.45) is 11.8 Å². The monoisotopic (exact) mass is 245 g/mol. The third-order valence-electron chi connectivity index (χ3n) is 3.62. The molecule has 0 saturated heterocycles. The highest BCUT2D eigenvalue weighted by molar-refractivity contribution is 5.90. The number of carboxylic acids is 1. The molecule has 2 unspecified atom stereocenters. The van der Waals surface area contributed by atoms with E-state index in [9.17, 15) is 4.79 Å². The maximum Gasteiger partial charge on any atom is 0.306 e. The zero-order valence-electron chi connectivity index (χ0n) is 10.2. The van der Waals surface area contributed by atoms with E-state index >= 15 is 0 Å². The molecule has 2 atom stereocenters. The largest absolute Gasteiger partial charge is 0.481 e. The van der Waals surface area contributed by atoms with Gasteiger partial charge in [-0.25, -0.2) is 0 Å². The minimum Gasteiger partial charge on any atom is -0.481 e. The van der Waals surface area contributed by atoms with Gasteiger partial charge in [0.25, 0.3) is 0 Å². The summed E-state index contributed by atoms with van der Waals surface area (Å²) >= 11 is 0. The van der Waals surface area contributed by atoms with Gasteiger partial charge >= 0.3 is 5.97 Å². The molecule has 1 N–H and O–H groups in total. The van der Waals surface area contributed by atoms with Crippen molar-refractivity contribution in [2.45, 2.75) is 6.42 Å². The van der Waals surface area contributed by atoms with Crippen LogP contribution in [-0.2, 0) is 4.79 Å². The van der Waals surface area contributed by atoms with Crippen molar-refractivity contribution in [3.05, 3.63) is 30.5 Å². The van der Waals surface area contributed by atoms with Crippen LogP contribution in [0.5, 0.6) is 0 Å². The molecule has 2 aromatic rings. The summed E-state index contributed by atoms with van der Waals surface area (Å²) in [6.45, 7) is 0.764. The first-order valence-corrected chi connectivity index (χ1v) is 6.07. The molecular formula is C14H15NO3. The minimum absolute atomic E-state index is 0.161. The Morgan fingerprint density at radius 3 is 3.00 bits per heavy atom. The van der Waals surface area contributed by atoms with Crippen LogP contribution in [0, 0.1) is 11.8 Å². The molecule has 1 saturated carbocycles. The average Bonchev–Trinajstić information content (AvgIpc) is 2.99. The maximum absolute atomic E-state index is 10.8. The molecular weight excluding hydrogens is 230 g/mol. The van der Waals surface area contributed by atoms with Crippen LogP contribution >= 0.6 is 0 Å². The van der Waals surface area contributed by atoms with Crippen LogP contribution < -0.4 is 4.90 Å². The van der Waals surface area contributed by atoms with Gasteiger partial charge < -0.3 is 14.4 Å². The van der Waals surface area contributed by atoms with Crippen molar-refractivity contribution in [2.75, 3.05) is 18.5 Å². The summed E-state index contributed by atoms with van der Waals surface area (Å²) in [7, 11) is 1.98. The molecule has 4 nitrogen and oxygen atoms in total. The zero-order chi connectivity index (χ0) is 12.7. The Balaban J connectivity index is 1.77. The molecule has 0 bridgehead atoms. The zero-order valence-corrected chi connectivity index (χ0v) is 10.2. The topological polar surface area (TPSA) is 53.7 Å². The van der Waals surface area contributed by atoms with Gasteiger partial charge in [0.2, 0.25) is 0 Å². The molecule has 0 radical (unpaired) electrons. The van der Waals surface area contributed by atoms with Gasteiger partial charge in [-0.15, -0.1) is 0 Å². The fourth-order valence-corrected chi connectivity index (χ4v) is 2.46. The number of fused-ring (bicyclic) bond motifs is 1. The van der Waals surface area contributed by atoms with E-state index in [0.717, 1.165) is 29.6 Å². The number of para-hydroxylation sites is 1. The lowest BCUT2D eigenvalue weighted by molar-refractivity contribution is -0.138.